The lowest BCUT2D eigenvalue weighted by atomic mass is 9.78. The van der Waals surface area contributed by atoms with E-state index in [4.69, 9.17) is 23.5 Å². The minimum atomic E-state index is -0.503. The minimum absolute atomic E-state index is 0.136. The van der Waals surface area contributed by atoms with Crippen molar-refractivity contribution in [3.05, 3.63) is 18.2 Å². The number of benzene rings is 1. The summed E-state index contributed by atoms with van der Waals surface area (Å²) in [5.41, 5.74) is -0.00282. The molecule has 0 amide bonds. The molecule has 1 heterocycles. The van der Waals surface area contributed by atoms with Crippen molar-refractivity contribution in [1.29, 1.82) is 0 Å². The van der Waals surface area contributed by atoms with E-state index < -0.39 is 18.3 Å². The average molecular weight is 308 g/mol. The second-order valence-corrected chi connectivity index (χ2v) is 6.25. The zero-order chi connectivity index (χ0) is 16.4. The first-order valence-electron chi connectivity index (χ1n) is 7.55. The van der Waals surface area contributed by atoms with E-state index in [0.717, 1.165) is 5.46 Å². The Kier molecular flexibility index (Phi) is 5.05. The van der Waals surface area contributed by atoms with E-state index in [1.54, 1.807) is 7.11 Å². The van der Waals surface area contributed by atoms with E-state index >= 15 is 0 Å². The normalized spacial score (nSPS) is 19.3. The molecule has 1 aromatic rings. The van der Waals surface area contributed by atoms with Crippen LogP contribution in [-0.2, 0) is 14.0 Å². The Balaban J connectivity index is 2.36. The molecule has 0 atom stereocenters. The topological polar surface area (TPSA) is 46.2 Å². The second kappa shape index (κ2) is 6.48. The lowest BCUT2D eigenvalue weighted by Crippen LogP contribution is -2.41. The fourth-order valence-corrected chi connectivity index (χ4v) is 2.23. The third-order valence-electron chi connectivity index (χ3n) is 4.14. The highest BCUT2D eigenvalue weighted by Gasteiger charge is 2.52. The number of hydrogen-bond donors (Lipinski definition) is 0. The maximum Gasteiger partial charge on any atom is 0.498 e. The van der Waals surface area contributed by atoms with Crippen LogP contribution in [0.15, 0.2) is 18.2 Å². The number of ether oxygens (including phenoxy) is 3. The fourth-order valence-electron chi connectivity index (χ4n) is 2.23. The van der Waals surface area contributed by atoms with Crippen LogP contribution < -0.4 is 14.9 Å². The van der Waals surface area contributed by atoms with Gasteiger partial charge in [-0.3, -0.25) is 0 Å². The highest BCUT2D eigenvalue weighted by Crippen LogP contribution is 2.38. The SMILES string of the molecule is CCOc1cccc(B2OC(C)(C)C(C)(C)O2)c1OCOC. The van der Waals surface area contributed by atoms with Crippen LogP contribution in [-0.4, -0.2) is 38.8 Å². The number of hydrogen-bond acceptors (Lipinski definition) is 5. The molecule has 22 heavy (non-hydrogen) atoms. The smallest absolute Gasteiger partial charge is 0.490 e. The van der Waals surface area contributed by atoms with Gasteiger partial charge in [0.25, 0.3) is 0 Å². The van der Waals surface area contributed by atoms with Crippen molar-refractivity contribution in [2.75, 3.05) is 20.5 Å². The molecule has 1 fully saturated rings. The van der Waals surface area contributed by atoms with Crippen molar-refractivity contribution >= 4 is 12.6 Å². The van der Waals surface area contributed by atoms with E-state index in [2.05, 4.69) is 0 Å². The third-order valence-corrected chi connectivity index (χ3v) is 4.14. The summed E-state index contributed by atoms with van der Waals surface area (Å²) in [4.78, 5) is 0. The summed E-state index contributed by atoms with van der Waals surface area (Å²) in [6, 6.07) is 5.70. The van der Waals surface area contributed by atoms with Gasteiger partial charge in [-0.05, 0) is 40.7 Å². The molecule has 5 nitrogen and oxygen atoms in total. The van der Waals surface area contributed by atoms with Gasteiger partial charge in [0.1, 0.15) is 0 Å². The van der Waals surface area contributed by atoms with Gasteiger partial charge in [-0.1, -0.05) is 12.1 Å². The molecule has 0 N–H and O–H groups in total. The summed E-state index contributed by atoms with van der Waals surface area (Å²) < 4.78 is 28.6. The Morgan fingerprint density at radius 2 is 1.68 bits per heavy atom. The van der Waals surface area contributed by atoms with Crippen molar-refractivity contribution in [3.8, 4) is 11.5 Å². The van der Waals surface area contributed by atoms with Crippen molar-refractivity contribution in [1.82, 2.24) is 0 Å². The van der Waals surface area contributed by atoms with Gasteiger partial charge in [0.2, 0.25) is 0 Å². The molecule has 0 spiro atoms. The van der Waals surface area contributed by atoms with E-state index in [9.17, 15) is 0 Å². The Morgan fingerprint density at radius 3 is 2.23 bits per heavy atom. The summed E-state index contributed by atoms with van der Waals surface area (Å²) in [6.45, 7) is 10.7. The van der Waals surface area contributed by atoms with E-state index in [1.807, 2.05) is 52.8 Å². The summed E-state index contributed by atoms with van der Waals surface area (Å²) >= 11 is 0. The standard InChI is InChI=1S/C16H25BO5/c1-7-19-13-10-8-9-12(14(13)20-11-18-6)17-21-15(2,3)16(4,5)22-17/h8-10H,7,11H2,1-6H3. The zero-order valence-corrected chi connectivity index (χ0v) is 14.3. The molecule has 0 unspecified atom stereocenters. The van der Waals surface area contributed by atoms with Crippen LogP contribution in [0.1, 0.15) is 34.6 Å². The predicted molar refractivity (Wildman–Crippen MR) is 85.8 cm³/mol. The Hall–Kier alpha value is -1.24. The molecule has 0 aliphatic carbocycles. The number of rotatable bonds is 6. The number of para-hydroxylation sites is 1. The average Bonchev–Trinajstić information content (AvgIpc) is 2.66. The van der Waals surface area contributed by atoms with Crippen LogP contribution in [0, 0.1) is 0 Å². The molecule has 0 aromatic heterocycles. The van der Waals surface area contributed by atoms with Crippen molar-refractivity contribution in [2.45, 2.75) is 45.8 Å². The lowest BCUT2D eigenvalue weighted by molar-refractivity contribution is 0.00578. The lowest BCUT2D eigenvalue weighted by Gasteiger charge is -2.32. The first-order valence-corrected chi connectivity index (χ1v) is 7.55. The van der Waals surface area contributed by atoms with Gasteiger partial charge < -0.3 is 23.5 Å². The van der Waals surface area contributed by atoms with Gasteiger partial charge in [0.05, 0.1) is 17.8 Å². The largest absolute Gasteiger partial charge is 0.498 e. The Bertz CT molecular complexity index is 499. The first-order chi connectivity index (χ1) is 10.3. The quantitative estimate of drug-likeness (QED) is 0.596. The van der Waals surface area contributed by atoms with Gasteiger partial charge in [-0.15, -0.1) is 0 Å². The maximum atomic E-state index is 6.11. The summed E-state index contributed by atoms with van der Waals surface area (Å²) in [5, 5.41) is 0. The van der Waals surface area contributed by atoms with Crippen LogP contribution in [0.25, 0.3) is 0 Å². The zero-order valence-electron chi connectivity index (χ0n) is 14.3. The van der Waals surface area contributed by atoms with Gasteiger partial charge >= 0.3 is 7.12 Å². The van der Waals surface area contributed by atoms with Crippen molar-refractivity contribution in [3.63, 3.8) is 0 Å². The first kappa shape index (κ1) is 17.1. The van der Waals surface area contributed by atoms with E-state index in [0.29, 0.717) is 18.1 Å². The molecule has 0 bridgehead atoms. The summed E-state index contributed by atoms with van der Waals surface area (Å²) in [6.07, 6.45) is 0. The molecule has 0 radical (unpaired) electrons. The van der Waals surface area contributed by atoms with Crippen molar-refractivity contribution in [2.24, 2.45) is 0 Å². The van der Waals surface area contributed by atoms with Crippen LogP contribution in [0.4, 0.5) is 0 Å². The highest BCUT2D eigenvalue weighted by molar-refractivity contribution is 6.63. The molecule has 1 aliphatic heterocycles. The van der Waals surface area contributed by atoms with Gasteiger partial charge in [0.15, 0.2) is 18.3 Å². The van der Waals surface area contributed by atoms with Crippen LogP contribution >= 0.6 is 0 Å². The molecule has 122 valence electrons. The third kappa shape index (κ3) is 3.24. The van der Waals surface area contributed by atoms with Gasteiger partial charge in [-0.25, -0.2) is 0 Å². The monoisotopic (exact) mass is 308 g/mol. The van der Waals surface area contributed by atoms with Crippen LogP contribution in [0.5, 0.6) is 11.5 Å². The summed E-state index contributed by atoms with van der Waals surface area (Å²) in [7, 11) is 1.08. The highest BCUT2D eigenvalue weighted by atomic mass is 16.7. The fraction of sp³-hybridized carbons (Fsp3) is 0.625. The van der Waals surface area contributed by atoms with Gasteiger partial charge in [0, 0.05) is 12.6 Å². The Labute approximate surface area is 133 Å². The molecule has 1 aromatic carbocycles. The Morgan fingerprint density at radius 1 is 1.05 bits per heavy atom. The molecule has 1 aliphatic rings. The van der Waals surface area contributed by atoms with E-state index in [1.165, 1.54) is 0 Å². The molecule has 1 saturated heterocycles. The maximum absolute atomic E-state index is 6.11. The predicted octanol–water partition coefficient (Wildman–Crippen LogP) is 2.37. The van der Waals surface area contributed by atoms with Crippen LogP contribution in [0.2, 0.25) is 0 Å². The molecule has 0 saturated carbocycles. The van der Waals surface area contributed by atoms with Crippen molar-refractivity contribution < 1.29 is 23.5 Å². The summed E-state index contributed by atoms with van der Waals surface area (Å²) in [5.74, 6) is 1.26. The molecular formula is C16H25BO5. The molecular weight excluding hydrogens is 283 g/mol. The molecule has 2 rings (SSSR count). The number of methoxy groups -OCH3 is 1. The van der Waals surface area contributed by atoms with Crippen LogP contribution in [0.3, 0.4) is 0 Å². The van der Waals surface area contributed by atoms with Gasteiger partial charge in [-0.2, -0.15) is 0 Å². The second-order valence-electron chi connectivity index (χ2n) is 6.25. The molecule has 6 heteroatoms. The minimum Gasteiger partial charge on any atom is -0.490 e. The van der Waals surface area contributed by atoms with E-state index in [-0.39, 0.29) is 6.79 Å².